The first kappa shape index (κ1) is 9.61. The molecule has 0 bridgehead atoms. The highest BCUT2D eigenvalue weighted by molar-refractivity contribution is 7.99. The topological polar surface area (TPSA) is 29.9 Å². The van der Waals surface area contributed by atoms with Gasteiger partial charge in [-0.2, -0.15) is 5.10 Å². The molecule has 0 saturated heterocycles. The number of aromatic nitrogens is 2. The third kappa shape index (κ3) is 3.28. The van der Waals surface area contributed by atoms with Gasteiger partial charge in [-0.25, -0.2) is 0 Å². The second-order valence-corrected chi connectivity index (χ2v) is 3.72. The lowest BCUT2D eigenvalue weighted by molar-refractivity contribution is 0.765. The fourth-order valence-corrected chi connectivity index (χ4v) is 1.72. The number of nitrogens with zero attached hydrogens (tertiary/aromatic N) is 2. The molecule has 68 valence electrons. The largest absolute Gasteiger partial charge is 0.316 e. The Morgan fingerprint density at radius 2 is 2.50 bits per heavy atom. The SMILES string of the molecule is CCNCCSc1cnn(C)c1. The second kappa shape index (κ2) is 5.22. The van der Waals surface area contributed by atoms with Crippen molar-refractivity contribution >= 4 is 11.8 Å². The van der Waals surface area contributed by atoms with Gasteiger partial charge in [0.2, 0.25) is 0 Å². The van der Waals surface area contributed by atoms with E-state index in [1.54, 1.807) is 0 Å². The van der Waals surface area contributed by atoms with E-state index in [1.165, 1.54) is 4.90 Å². The Morgan fingerprint density at radius 3 is 3.08 bits per heavy atom. The van der Waals surface area contributed by atoms with Crippen molar-refractivity contribution in [3.8, 4) is 0 Å². The minimum absolute atomic E-state index is 1.05. The molecule has 1 rings (SSSR count). The number of aryl methyl sites for hydroxylation is 1. The first-order chi connectivity index (χ1) is 5.83. The molecule has 0 aliphatic carbocycles. The van der Waals surface area contributed by atoms with Gasteiger partial charge >= 0.3 is 0 Å². The van der Waals surface area contributed by atoms with Crippen molar-refractivity contribution in [3.05, 3.63) is 12.4 Å². The fraction of sp³-hybridized carbons (Fsp3) is 0.625. The number of hydrogen-bond acceptors (Lipinski definition) is 3. The van der Waals surface area contributed by atoms with Crippen LogP contribution in [0.5, 0.6) is 0 Å². The van der Waals surface area contributed by atoms with E-state index in [-0.39, 0.29) is 0 Å². The van der Waals surface area contributed by atoms with Gasteiger partial charge in [0, 0.05) is 30.4 Å². The van der Waals surface area contributed by atoms with Crippen LogP contribution in [0.1, 0.15) is 6.92 Å². The van der Waals surface area contributed by atoms with E-state index in [1.807, 2.05) is 35.9 Å². The van der Waals surface area contributed by atoms with Gasteiger partial charge in [-0.1, -0.05) is 6.92 Å². The number of hydrogen-bond donors (Lipinski definition) is 1. The average Bonchev–Trinajstić information content (AvgIpc) is 2.45. The Balaban J connectivity index is 2.15. The molecule has 1 N–H and O–H groups in total. The molecule has 12 heavy (non-hydrogen) atoms. The molecule has 0 radical (unpaired) electrons. The zero-order chi connectivity index (χ0) is 8.81. The zero-order valence-electron chi connectivity index (χ0n) is 7.58. The second-order valence-electron chi connectivity index (χ2n) is 2.55. The first-order valence-electron chi connectivity index (χ1n) is 4.15. The van der Waals surface area contributed by atoms with Crippen LogP contribution < -0.4 is 5.32 Å². The van der Waals surface area contributed by atoms with Crippen LogP contribution in [0.15, 0.2) is 17.3 Å². The van der Waals surface area contributed by atoms with Gasteiger partial charge in [0.05, 0.1) is 6.20 Å². The predicted molar refractivity (Wildman–Crippen MR) is 52.5 cm³/mol. The highest BCUT2D eigenvalue weighted by Gasteiger charge is 1.94. The van der Waals surface area contributed by atoms with Crippen LogP contribution in [-0.2, 0) is 7.05 Å². The summed E-state index contributed by atoms with van der Waals surface area (Å²) >= 11 is 1.84. The van der Waals surface area contributed by atoms with Crippen molar-refractivity contribution in [2.75, 3.05) is 18.8 Å². The zero-order valence-corrected chi connectivity index (χ0v) is 8.40. The van der Waals surface area contributed by atoms with Gasteiger partial charge in [0.25, 0.3) is 0 Å². The quantitative estimate of drug-likeness (QED) is 0.551. The summed E-state index contributed by atoms with van der Waals surface area (Å²) in [5, 5.41) is 7.37. The normalized spacial score (nSPS) is 10.5. The van der Waals surface area contributed by atoms with Crippen LogP contribution in [0.3, 0.4) is 0 Å². The van der Waals surface area contributed by atoms with Crippen molar-refractivity contribution in [2.24, 2.45) is 7.05 Å². The molecule has 0 spiro atoms. The molecule has 0 atom stereocenters. The minimum atomic E-state index is 1.05. The lowest BCUT2D eigenvalue weighted by Crippen LogP contribution is -2.15. The molecular weight excluding hydrogens is 170 g/mol. The maximum atomic E-state index is 4.09. The number of nitrogens with one attached hydrogen (secondary N) is 1. The molecule has 4 heteroatoms. The van der Waals surface area contributed by atoms with Crippen molar-refractivity contribution in [1.29, 1.82) is 0 Å². The van der Waals surface area contributed by atoms with E-state index >= 15 is 0 Å². The summed E-state index contributed by atoms with van der Waals surface area (Å²) in [5.74, 6) is 1.11. The summed E-state index contributed by atoms with van der Waals surface area (Å²) < 4.78 is 1.83. The first-order valence-corrected chi connectivity index (χ1v) is 5.13. The van der Waals surface area contributed by atoms with Crippen molar-refractivity contribution < 1.29 is 0 Å². The lowest BCUT2D eigenvalue weighted by atomic mass is 10.7. The smallest absolute Gasteiger partial charge is 0.0625 e. The summed E-state index contributed by atoms with van der Waals surface area (Å²) in [7, 11) is 1.94. The number of thioether (sulfide) groups is 1. The molecule has 0 saturated carbocycles. The molecular formula is C8H15N3S. The lowest BCUT2D eigenvalue weighted by Gasteiger charge is -1.98. The van der Waals surface area contributed by atoms with Gasteiger partial charge in [-0.3, -0.25) is 4.68 Å². The number of rotatable bonds is 5. The molecule has 0 fully saturated rings. The standard InChI is InChI=1S/C8H15N3S/c1-3-9-4-5-12-8-6-10-11(2)7-8/h6-7,9H,3-5H2,1-2H3. The van der Waals surface area contributed by atoms with Gasteiger partial charge < -0.3 is 5.32 Å². The van der Waals surface area contributed by atoms with E-state index in [2.05, 4.69) is 17.3 Å². The molecule has 0 amide bonds. The van der Waals surface area contributed by atoms with Gasteiger partial charge in [-0.15, -0.1) is 11.8 Å². The molecule has 1 aromatic rings. The van der Waals surface area contributed by atoms with E-state index in [9.17, 15) is 0 Å². The van der Waals surface area contributed by atoms with Crippen LogP contribution in [0.2, 0.25) is 0 Å². The van der Waals surface area contributed by atoms with Gasteiger partial charge in [-0.05, 0) is 6.54 Å². The van der Waals surface area contributed by atoms with Crippen molar-refractivity contribution in [2.45, 2.75) is 11.8 Å². The Bertz CT molecular complexity index is 222. The Kier molecular flexibility index (Phi) is 4.18. The van der Waals surface area contributed by atoms with E-state index < -0.39 is 0 Å². The van der Waals surface area contributed by atoms with Gasteiger partial charge in [0.1, 0.15) is 0 Å². The Hall–Kier alpha value is -0.480. The Labute approximate surface area is 77.5 Å². The van der Waals surface area contributed by atoms with Crippen LogP contribution in [0.25, 0.3) is 0 Å². The summed E-state index contributed by atoms with van der Waals surface area (Å²) in [6.07, 6.45) is 3.94. The highest BCUT2D eigenvalue weighted by atomic mass is 32.2. The predicted octanol–water partition coefficient (Wildman–Crippen LogP) is 1.12. The maximum absolute atomic E-state index is 4.09. The summed E-state index contributed by atoms with van der Waals surface area (Å²) in [6.45, 7) is 4.23. The summed E-state index contributed by atoms with van der Waals surface area (Å²) in [6, 6.07) is 0. The van der Waals surface area contributed by atoms with Crippen molar-refractivity contribution in [3.63, 3.8) is 0 Å². The summed E-state index contributed by atoms with van der Waals surface area (Å²) in [4.78, 5) is 1.25. The average molecular weight is 185 g/mol. The molecule has 1 heterocycles. The van der Waals surface area contributed by atoms with Crippen LogP contribution in [0, 0.1) is 0 Å². The molecule has 0 aliphatic heterocycles. The summed E-state index contributed by atoms with van der Waals surface area (Å²) in [5.41, 5.74) is 0. The maximum Gasteiger partial charge on any atom is 0.0625 e. The third-order valence-corrected chi connectivity index (χ3v) is 2.43. The minimum Gasteiger partial charge on any atom is -0.316 e. The van der Waals surface area contributed by atoms with E-state index in [0.717, 1.165) is 18.8 Å². The van der Waals surface area contributed by atoms with Crippen LogP contribution >= 0.6 is 11.8 Å². The van der Waals surface area contributed by atoms with Gasteiger partial charge in [0.15, 0.2) is 0 Å². The molecule has 1 aromatic heterocycles. The van der Waals surface area contributed by atoms with E-state index in [4.69, 9.17) is 0 Å². The van der Waals surface area contributed by atoms with Crippen molar-refractivity contribution in [1.82, 2.24) is 15.1 Å². The van der Waals surface area contributed by atoms with Crippen LogP contribution in [-0.4, -0.2) is 28.6 Å². The Morgan fingerprint density at radius 1 is 1.67 bits per heavy atom. The fourth-order valence-electron chi connectivity index (χ4n) is 0.891. The molecule has 3 nitrogen and oxygen atoms in total. The highest BCUT2D eigenvalue weighted by Crippen LogP contribution is 2.14. The monoisotopic (exact) mass is 185 g/mol. The molecule has 0 unspecified atom stereocenters. The molecule has 0 aliphatic rings. The van der Waals surface area contributed by atoms with Crippen LogP contribution in [0.4, 0.5) is 0 Å². The third-order valence-electron chi connectivity index (χ3n) is 1.48. The molecule has 0 aromatic carbocycles. The van der Waals surface area contributed by atoms with E-state index in [0.29, 0.717) is 0 Å².